The summed E-state index contributed by atoms with van der Waals surface area (Å²) in [5, 5.41) is 1.06. The molecule has 138 valence electrons. The molecular formula is C22H25Cl2NO. The lowest BCUT2D eigenvalue weighted by molar-refractivity contribution is 0.252. The summed E-state index contributed by atoms with van der Waals surface area (Å²) in [6.07, 6.45) is 9.41. The SMILES string of the molecule is Clc1ccc(OCCc2ccc(/C=C/CN3CCCCC3)cc2)cc1Cl. The van der Waals surface area contributed by atoms with Gasteiger partial charge in [0.15, 0.2) is 0 Å². The van der Waals surface area contributed by atoms with Gasteiger partial charge in [-0.1, -0.05) is 66.0 Å². The van der Waals surface area contributed by atoms with Crippen LogP contribution in [-0.2, 0) is 6.42 Å². The van der Waals surface area contributed by atoms with E-state index in [1.165, 1.54) is 43.5 Å². The third-order valence-corrected chi connectivity index (χ3v) is 5.39. The molecular weight excluding hydrogens is 365 g/mol. The van der Waals surface area contributed by atoms with Crippen LogP contribution < -0.4 is 4.74 Å². The van der Waals surface area contributed by atoms with Crippen molar-refractivity contribution in [1.29, 1.82) is 0 Å². The van der Waals surface area contributed by atoms with Crippen LogP contribution in [0.25, 0.3) is 6.08 Å². The van der Waals surface area contributed by atoms with Crippen molar-refractivity contribution < 1.29 is 4.74 Å². The second kappa shape index (κ2) is 10.0. The number of rotatable bonds is 7. The Bertz CT molecular complexity index is 721. The van der Waals surface area contributed by atoms with Crippen LogP contribution in [-0.4, -0.2) is 31.1 Å². The van der Waals surface area contributed by atoms with Gasteiger partial charge in [0.25, 0.3) is 0 Å². The molecule has 0 atom stereocenters. The summed E-state index contributed by atoms with van der Waals surface area (Å²) >= 11 is 11.9. The topological polar surface area (TPSA) is 12.5 Å². The normalized spacial score (nSPS) is 15.5. The first-order valence-corrected chi connectivity index (χ1v) is 10.0. The number of ether oxygens (including phenoxy) is 1. The van der Waals surface area contributed by atoms with Gasteiger partial charge in [-0.25, -0.2) is 0 Å². The summed E-state index contributed by atoms with van der Waals surface area (Å²) < 4.78 is 5.75. The largest absolute Gasteiger partial charge is 0.493 e. The van der Waals surface area contributed by atoms with Crippen LogP contribution in [0.15, 0.2) is 48.5 Å². The number of likely N-dealkylation sites (tertiary alicyclic amines) is 1. The van der Waals surface area contributed by atoms with Crippen molar-refractivity contribution in [2.45, 2.75) is 25.7 Å². The lowest BCUT2D eigenvalue weighted by atomic mass is 10.1. The van der Waals surface area contributed by atoms with Crippen molar-refractivity contribution >= 4 is 29.3 Å². The molecule has 1 fully saturated rings. The number of benzene rings is 2. The van der Waals surface area contributed by atoms with Crippen molar-refractivity contribution in [2.24, 2.45) is 0 Å². The van der Waals surface area contributed by atoms with Gasteiger partial charge in [0, 0.05) is 19.0 Å². The molecule has 1 saturated heterocycles. The van der Waals surface area contributed by atoms with Gasteiger partial charge in [-0.05, 0) is 49.2 Å². The van der Waals surface area contributed by atoms with Gasteiger partial charge < -0.3 is 4.74 Å². The highest BCUT2D eigenvalue weighted by atomic mass is 35.5. The summed E-state index contributed by atoms with van der Waals surface area (Å²) in [5.74, 6) is 0.747. The Morgan fingerprint density at radius 3 is 2.42 bits per heavy atom. The summed E-state index contributed by atoms with van der Waals surface area (Å²) in [5.41, 5.74) is 2.51. The minimum absolute atomic E-state index is 0.518. The quantitative estimate of drug-likeness (QED) is 0.565. The fraction of sp³-hybridized carbons (Fsp3) is 0.364. The first kappa shape index (κ1) is 19.3. The predicted molar refractivity (Wildman–Crippen MR) is 111 cm³/mol. The van der Waals surface area contributed by atoms with E-state index >= 15 is 0 Å². The maximum absolute atomic E-state index is 6.00. The van der Waals surface area contributed by atoms with Crippen molar-refractivity contribution in [3.63, 3.8) is 0 Å². The summed E-state index contributed by atoms with van der Waals surface area (Å²) in [6.45, 7) is 4.14. The summed E-state index contributed by atoms with van der Waals surface area (Å²) in [6, 6.07) is 14.0. The zero-order chi connectivity index (χ0) is 18.2. The second-order valence-electron chi connectivity index (χ2n) is 6.68. The molecule has 26 heavy (non-hydrogen) atoms. The van der Waals surface area contributed by atoms with E-state index < -0.39 is 0 Å². The minimum Gasteiger partial charge on any atom is -0.493 e. The Labute approximate surface area is 166 Å². The van der Waals surface area contributed by atoms with Gasteiger partial charge in [0.1, 0.15) is 5.75 Å². The summed E-state index contributed by atoms with van der Waals surface area (Å²) in [4.78, 5) is 2.52. The zero-order valence-corrected chi connectivity index (χ0v) is 16.5. The van der Waals surface area contributed by atoms with E-state index in [4.69, 9.17) is 27.9 Å². The first-order chi connectivity index (χ1) is 12.7. The average Bonchev–Trinajstić information content (AvgIpc) is 2.67. The van der Waals surface area contributed by atoms with Crippen molar-refractivity contribution in [1.82, 2.24) is 4.90 Å². The van der Waals surface area contributed by atoms with Crippen LogP contribution in [0.4, 0.5) is 0 Å². The molecule has 0 saturated carbocycles. The van der Waals surface area contributed by atoms with Crippen molar-refractivity contribution in [3.8, 4) is 5.75 Å². The van der Waals surface area contributed by atoms with Gasteiger partial charge in [0.05, 0.1) is 16.7 Å². The number of halogens is 2. The van der Waals surface area contributed by atoms with Crippen molar-refractivity contribution in [2.75, 3.05) is 26.2 Å². The van der Waals surface area contributed by atoms with Gasteiger partial charge in [-0.15, -0.1) is 0 Å². The van der Waals surface area contributed by atoms with Gasteiger partial charge >= 0.3 is 0 Å². The molecule has 4 heteroatoms. The summed E-state index contributed by atoms with van der Waals surface area (Å²) in [7, 11) is 0. The van der Waals surface area contributed by atoms with Crippen LogP contribution >= 0.6 is 23.2 Å². The highest BCUT2D eigenvalue weighted by molar-refractivity contribution is 6.42. The van der Waals surface area contributed by atoms with E-state index in [9.17, 15) is 0 Å². The molecule has 1 aliphatic heterocycles. The molecule has 1 aliphatic rings. The van der Waals surface area contributed by atoms with Gasteiger partial charge in [-0.2, -0.15) is 0 Å². The lowest BCUT2D eigenvalue weighted by Crippen LogP contribution is -2.29. The Balaban J connectivity index is 1.42. The fourth-order valence-corrected chi connectivity index (χ4v) is 3.42. The van der Waals surface area contributed by atoms with E-state index in [1.54, 1.807) is 12.1 Å². The van der Waals surface area contributed by atoms with Gasteiger partial charge in [-0.3, -0.25) is 4.90 Å². The molecule has 0 aliphatic carbocycles. The number of hydrogen-bond acceptors (Lipinski definition) is 2. The molecule has 2 nitrogen and oxygen atoms in total. The highest BCUT2D eigenvalue weighted by Gasteiger charge is 2.07. The maximum Gasteiger partial charge on any atom is 0.120 e. The second-order valence-corrected chi connectivity index (χ2v) is 7.49. The third-order valence-electron chi connectivity index (χ3n) is 4.65. The molecule has 2 aromatic carbocycles. The third kappa shape index (κ3) is 6.05. The molecule has 0 radical (unpaired) electrons. The highest BCUT2D eigenvalue weighted by Crippen LogP contribution is 2.26. The van der Waals surface area contributed by atoms with Crippen molar-refractivity contribution in [3.05, 3.63) is 69.7 Å². The van der Waals surface area contributed by atoms with E-state index in [0.717, 1.165) is 18.7 Å². The molecule has 3 rings (SSSR count). The average molecular weight is 390 g/mol. The van der Waals surface area contributed by atoms with Gasteiger partial charge in [0.2, 0.25) is 0 Å². The van der Waals surface area contributed by atoms with E-state index in [-0.39, 0.29) is 0 Å². The molecule has 0 spiro atoms. The van der Waals surface area contributed by atoms with E-state index in [0.29, 0.717) is 16.7 Å². The minimum atomic E-state index is 0.518. The number of hydrogen-bond donors (Lipinski definition) is 0. The molecule has 0 unspecified atom stereocenters. The fourth-order valence-electron chi connectivity index (χ4n) is 3.13. The Morgan fingerprint density at radius 2 is 1.69 bits per heavy atom. The lowest BCUT2D eigenvalue weighted by Gasteiger charge is -2.24. The number of nitrogens with zero attached hydrogens (tertiary/aromatic N) is 1. The predicted octanol–water partition coefficient (Wildman–Crippen LogP) is 6.11. The van der Waals surface area contributed by atoms with Crippen LogP contribution in [0.2, 0.25) is 10.0 Å². The van der Waals surface area contributed by atoms with E-state index in [1.807, 2.05) is 6.07 Å². The molecule has 1 heterocycles. The van der Waals surface area contributed by atoms with Crippen LogP contribution in [0.1, 0.15) is 30.4 Å². The number of piperidine rings is 1. The molecule has 0 N–H and O–H groups in total. The maximum atomic E-state index is 6.00. The van der Waals surface area contributed by atoms with Crippen LogP contribution in [0.5, 0.6) is 5.75 Å². The molecule has 2 aromatic rings. The smallest absolute Gasteiger partial charge is 0.120 e. The standard InChI is InChI=1S/C22H25Cl2NO/c23-21-11-10-20(17-22(21)24)26-16-12-19-8-6-18(7-9-19)5-4-15-25-13-2-1-3-14-25/h4-11,17H,1-3,12-16H2/b5-4+. The molecule has 0 bridgehead atoms. The van der Waals surface area contributed by atoms with E-state index in [2.05, 4.69) is 41.3 Å². The zero-order valence-electron chi connectivity index (χ0n) is 15.0. The Kier molecular flexibility index (Phi) is 7.43. The Morgan fingerprint density at radius 1 is 0.923 bits per heavy atom. The molecule has 0 amide bonds. The van der Waals surface area contributed by atoms with Crippen LogP contribution in [0.3, 0.4) is 0 Å². The Hall–Kier alpha value is -1.48. The first-order valence-electron chi connectivity index (χ1n) is 9.26. The monoisotopic (exact) mass is 389 g/mol. The van der Waals surface area contributed by atoms with Crippen LogP contribution in [0, 0.1) is 0 Å². The molecule has 0 aromatic heterocycles.